The zero-order valence-electron chi connectivity index (χ0n) is 20.6. The van der Waals surface area contributed by atoms with E-state index in [-0.39, 0.29) is 0 Å². The fraction of sp³-hybridized carbons (Fsp3) is 0.520. The lowest BCUT2D eigenvalue weighted by atomic mass is 9.76. The predicted molar refractivity (Wildman–Crippen MR) is 125 cm³/mol. The lowest BCUT2D eigenvalue weighted by molar-refractivity contribution is -0.309. The highest BCUT2D eigenvalue weighted by Gasteiger charge is 2.77. The van der Waals surface area contributed by atoms with E-state index in [9.17, 15) is 24.9 Å². The Morgan fingerprint density at radius 2 is 1.89 bits per heavy atom. The molecule has 10 nitrogen and oxygen atoms in total. The Labute approximate surface area is 203 Å². The van der Waals surface area contributed by atoms with E-state index >= 15 is 0 Å². The average Bonchev–Trinajstić information content (AvgIpc) is 2.91. The van der Waals surface area contributed by atoms with E-state index in [1.807, 2.05) is 0 Å². The Balaban J connectivity index is 1.80. The second-order valence-electron chi connectivity index (χ2n) is 9.03. The van der Waals surface area contributed by atoms with Crippen LogP contribution in [0.5, 0.6) is 5.75 Å². The molecule has 2 aliphatic heterocycles. The zero-order valence-corrected chi connectivity index (χ0v) is 20.6. The molecule has 2 saturated heterocycles. The molecule has 0 radical (unpaired) electrons. The van der Waals surface area contributed by atoms with E-state index in [2.05, 4.69) is 0 Å². The maximum atomic E-state index is 11.7. The van der Waals surface area contributed by atoms with Gasteiger partial charge in [-0.05, 0) is 33.8 Å². The highest BCUT2D eigenvalue weighted by atomic mass is 16.7. The fourth-order valence-corrected chi connectivity index (χ4v) is 4.67. The SMILES string of the molecule is COc1cc(=O)oc(/C=C/C=C/C=C/[C@@H]2O[C@]3(C)[C@@H](OC(C)=O)[C@](C)(O[C@]3(O)[C@H](C)O)[C@H]2O)c1C. The molecule has 192 valence electrons. The van der Waals surface area contributed by atoms with Gasteiger partial charge in [0.05, 0.1) is 13.2 Å². The molecule has 1 aromatic rings. The fourth-order valence-electron chi connectivity index (χ4n) is 4.67. The third kappa shape index (κ3) is 4.60. The second-order valence-corrected chi connectivity index (χ2v) is 9.03. The van der Waals surface area contributed by atoms with Crippen molar-refractivity contribution >= 4 is 12.0 Å². The van der Waals surface area contributed by atoms with Crippen molar-refractivity contribution in [2.45, 2.75) is 76.0 Å². The summed E-state index contributed by atoms with van der Waals surface area (Å²) in [5.41, 5.74) is -3.07. The molecule has 3 heterocycles. The number of fused-ring (bicyclic) bond motifs is 2. The number of hydrogen-bond donors (Lipinski definition) is 3. The molecule has 2 bridgehead atoms. The van der Waals surface area contributed by atoms with Gasteiger partial charge in [-0.3, -0.25) is 4.79 Å². The molecular formula is C25H32O10. The van der Waals surface area contributed by atoms with Crippen molar-refractivity contribution < 1.29 is 43.5 Å². The van der Waals surface area contributed by atoms with Crippen LogP contribution in [0.25, 0.3) is 6.08 Å². The highest BCUT2D eigenvalue weighted by molar-refractivity contribution is 5.66. The number of aliphatic hydroxyl groups is 3. The number of rotatable bonds is 7. The molecule has 3 N–H and O–H groups in total. The van der Waals surface area contributed by atoms with Crippen molar-refractivity contribution in [3.8, 4) is 5.75 Å². The second kappa shape index (κ2) is 9.71. The molecule has 0 aromatic carbocycles. The number of hydrogen-bond acceptors (Lipinski definition) is 10. The van der Waals surface area contributed by atoms with E-state index in [4.69, 9.17) is 23.4 Å². The number of carbonyl (C=O) groups is 1. The summed E-state index contributed by atoms with van der Waals surface area (Å²) in [4.78, 5) is 23.3. The number of esters is 1. The van der Waals surface area contributed by atoms with E-state index in [0.29, 0.717) is 17.1 Å². The van der Waals surface area contributed by atoms with Crippen LogP contribution in [0.15, 0.2) is 45.7 Å². The quantitative estimate of drug-likeness (QED) is 0.377. The Morgan fingerprint density at radius 3 is 2.49 bits per heavy atom. The minimum absolute atomic E-state index is 0.359. The maximum Gasteiger partial charge on any atom is 0.339 e. The highest BCUT2D eigenvalue weighted by Crippen LogP contribution is 2.55. The lowest BCUT2D eigenvalue weighted by Crippen LogP contribution is -2.68. The van der Waals surface area contributed by atoms with Crippen LogP contribution in [0.4, 0.5) is 0 Å². The number of methoxy groups -OCH3 is 1. The number of allylic oxidation sites excluding steroid dienone is 4. The molecule has 0 spiro atoms. The van der Waals surface area contributed by atoms with Crippen molar-refractivity contribution in [2.75, 3.05) is 7.11 Å². The van der Waals surface area contributed by atoms with Crippen LogP contribution < -0.4 is 10.4 Å². The van der Waals surface area contributed by atoms with Crippen LogP contribution in [0, 0.1) is 6.92 Å². The van der Waals surface area contributed by atoms with E-state index in [1.165, 1.54) is 40.9 Å². The van der Waals surface area contributed by atoms with Gasteiger partial charge in [-0.1, -0.05) is 30.4 Å². The summed E-state index contributed by atoms with van der Waals surface area (Å²) < 4.78 is 27.5. The van der Waals surface area contributed by atoms with Gasteiger partial charge in [-0.2, -0.15) is 0 Å². The first-order chi connectivity index (χ1) is 16.3. The van der Waals surface area contributed by atoms with Gasteiger partial charge in [0.2, 0.25) is 5.79 Å². The molecule has 0 amide bonds. The monoisotopic (exact) mass is 492 g/mol. The predicted octanol–water partition coefficient (Wildman–Crippen LogP) is 1.39. The Kier molecular flexibility index (Phi) is 7.45. The Bertz CT molecular complexity index is 1100. The molecule has 2 aliphatic rings. The van der Waals surface area contributed by atoms with Crippen LogP contribution in [-0.2, 0) is 19.0 Å². The normalized spacial score (nSPS) is 35.7. The summed E-state index contributed by atoms with van der Waals surface area (Å²) in [7, 11) is 1.47. The van der Waals surface area contributed by atoms with Crippen molar-refractivity contribution in [2.24, 2.45) is 0 Å². The molecule has 35 heavy (non-hydrogen) atoms. The standard InChI is InChI=1S/C25H32O10/c1-14-17(33-20(28)13-19(14)31-6)11-9-7-8-10-12-18-21(29)23(4)22(32-16(3)27)24(5,34-18)25(30,35-23)15(2)26/h7-13,15,18,21-22,26,29-30H,1-6H3/b8-7+,11-9+,12-10+/t15-,18-,21-,22-,23+,24+,25+/m0/s1. The number of ether oxygens (including phenoxy) is 4. The number of aliphatic hydroxyl groups excluding tert-OH is 2. The van der Waals surface area contributed by atoms with Gasteiger partial charge in [0.25, 0.3) is 0 Å². The minimum atomic E-state index is -2.23. The topological polar surface area (TPSA) is 145 Å². The molecule has 0 aliphatic carbocycles. The summed E-state index contributed by atoms with van der Waals surface area (Å²) in [6.07, 6.45) is 4.91. The van der Waals surface area contributed by atoms with Crippen molar-refractivity contribution in [1.29, 1.82) is 0 Å². The summed E-state index contributed by atoms with van der Waals surface area (Å²) in [5, 5.41) is 32.4. The van der Waals surface area contributed by atoms with E-state index in [0.717, 1.165) is 0 Å². The van der Waals surface area contributed by atoms with Gasteiger partial charge in [-0.25, -0.2) is 4.79 Å². The van der Waals surface area contributed by atoms with Gasteiger partial charge in [0.1, 0.15) is 35.4 Å². The summed E-state index contributed by atoms with van der Waals surface area (Å²) >= 11 is 0. The van der Waals surface area contributed by atoms with Gasteiger partial charge >= 0.3 is 11.6 Å². The van der Waals surface area contributed by atoms with Gasteiger partial charge in [0, 0.05) is 12.5 Å². The third-order valence-corrected chi connectivity index (χ3v) is 6.54. The molecule has 7 atom stereocenters. The van der Waals surface area contributed by atoms with Crippen molar-refractivity contribution in [1.82, 2.24) is 0 Å². The average molecular weight is 493 g/mol. The molecule has 1 aromatic heterocycles. The van der Waals surface area contributed by atoms with Crippen LogP contribution in [0.1, 0.15) is 39.0 Å². The largest absolute Gasteiger partial charge is 0.496 e. The summed E-state index contributed by atoms with van der Waals surface area (Å²) in [6.45, 7) is 7.25. The first-order valence-electron chi connectivity index (χ1n) is 11.1. The third-order valence-electron chi connectivity index (χ3n) is 6.54. The first kappa shape index (κ1) is 26.8. The summed E-state index contributed by atoms with van der Waals surface area (Å²) in [6, 6.07) is 1.27. The first-order valence-corrected chi connectivity index (χ1v) is 11.1. The molecule has 0 unspecified atom stereocenters. The Hall–Kier alpha value is -2.76. The summed E-state index contributed by atoms with van der Waals surface area (Å²) in [5.74, 6) is -2.09. The van der Waals surface area contributed by atoms with Gasteiger partial charge in [-0.15, -0.1) is 0 Å². The lowest BCUT2D eigenvalue weighted by Gasteiger charge is -2.47. The minimum Gasteiger partial charge on any atom is -0.496 e. The van der Waals surface area contributed by atoms with Crippen molar-refractivity contribution in [3.05, 3.63) is 58.2 Å². The van der Waals surface area contributed by atoms with Gasteiger partial charge < -0.3 is 38.7 Å². The molecule has 3 rings (SSSR count). The van der Waals surface area contributed by atoms with Gasteiger partial charge in [0.15, 0.2) is 11.7 Å². The van der Waals surface area contributed by atoms with Crippen LogP contribution >= 0.6 is 0 Å². The molecular weight excluding hydrogens is 460 g/mol. The Morgan fingerprint density at radius 1 is 1.23 bits per heavy atom. The maximum absolute atomic E-state index is 11.7. The van der Waals surface area contributed by atoms with Crippen LogP contribution in [-0.4, -0.2) is 69.8 Å². The molecule has 0 saturated carbocycles. The smallest absolute Gasteiger partial charge is 0.339 e. The van der Waals surface area contributed by atoms with Crippen molar-refractivity contribution in [3.63, 3.8) is 0 Å². The van der Waals surface area contributed by atoms with Crippen LogP contribution in [0.2, 0.25) is 0 Å². The molecule has 2 fully saturated rings. The van der Waals surface area contributed by atoms with Crippen LogP contribution in [0.3, 0.4) is 0 Å². The molecule has 10 heteroatoms. The van der Waals surface area contributed by atoms with E-state index < -0.39 is 53.0 Å². The number of carbonyl (C=O) groups excluding carboxylic acids is 1. The zero-order chi connectivity index (χ0) is 26.2. The van der Waals surface area contributed by atoms with E-state index in [1.54, 1.807) is 43.4 Å².